The van der Waals surface area contributed by atoms with E-state index in [-0.39, 0.29) is 18.9 Å². The Morgan fingerprint density at radius 2 is 1.63 bits per heavy atom. The van der Waals surface area contributed by atoms with Crippen molar-refractivity contribution in [1.29, 1.82) is 0 Å². The van der Waals surface area contributed by atoms with Crippen molar-refractivity contribution in [2.45, 2.75) is 32.6 Å². The van der Waals surface area contributed by atoms with Crippen LogP contribution in [0.5, 0.6) is 17.2 Å². The van der Waals surface area contributed by atoms with Gasteiger partial charge in [0.1, 0.15) is 0 Å². The summed E-state index contributed by atoms with van der Waals surface area (Å²) in [6.07, 6.45) is 0.921. The first-order chi connectivity index (χ1) is 14.4. The van der Waals surface area contributed by atoms with Gasteiger partial charge in [-0.2, -0.15) is 0 Å². The molecule has 1 unspecified atom stereocenters. The molecule has 2 aromatic carbocycles. The van der Waals surface area contributed by atoms with Crippen molar-refractivity contribution < 1.29 is 28.5 Å². The van der Waals surface area contributed by atoms with Crippen LogP contribution in [0.1, 0.15) is 37.3 Å². The van der Waals surface area contributed by atoms with Crippen molar-refractivity contribution in [3.8, 4) is 17.2 Å². The van der Waals surface area contributed by atoms with Gasteiger partial charge in [0.05, 0.1) is 27.8 Å². The summed E-state index contributed by atoms with van der Waals surface area (Å²) in [6, 6.07) is 11.0. The molecule has 0 spiro atoms. The molecule has 162 valence electrons. The number of carbonyl (C=O) groups is 2. The molecule has 7 heteroatoms. The zero-order valence-corrected chi connectivity index (χ0v) is 18.1. The van der Waals surface area contributed by atoms with Crippen molar-refractivity contribution in [1.82, 2.24) is 0 Å². The van der Waals surface area contributed by atoms with Crippen molar-refractivity contribution in [2.75, 3.05) is 33.3 Å². The lowest BCUT2D eigenvalue weighted by atomic mass is 9.97. The van der Waals surface area contributed by atoms with Crippen molar-refractivity contribution in [2.24, 2.45) is 0 Å². The van der Waals surface area contributed by atoms with Crippen LogP contribution < -0.4 is 19.5 Å². The molecule has 0 aliphatic rings. The number of anilines is 1. The number of rotatable bonds is 10. The van der Waals surface area contributed by atoms with Crippen LogP contribution in [0.15, 0.2) is 36.4 Å². The van der Waals surface area contributed by atoms with Crippen LogP contribution in [0.3, 0.4) is 0 Å². The van der Waals surface area contributed by atoms with Crippen molar-refractivity contribution in [3.63, 3.8) is 0 Å². The lowest BCUT2D eigenvalue weighted by molar-refractivity contribution is -0.146. The van der Waals surface area contributed by atoms with E-state index in [1.54, 1.807) is 12.1 Å². The molecular formula is C23H29NO6. The topological polar surface area (TPSA) is 83.1 Å². The van der Waals surface area contributed by atoms with E-state index in [0.29, 0.717) is 28.7 Å². The maximum atomic E-state index is 12.3. The van der Waals surface area contributed by atoms with E-state index >= 15 is 0 Å². The molecule has 2 aromatic rings. The Kier molecular flexibility index (Phi) is 8.53. The van der Waals surface area contributed by atoms with Gasteiger partial charge >= 0.3 is 5.97 Å². The summed E-state index contributed by atoms with van der Waals surface area (Å²) in [6.45, 7) is 3.83. The van der Waals surface area contributed by atoms with Crippen LogP contribution in [0.25, 0.3) is 0 Å². The minimum absolute atomic E-state index is 0.0343. The quantitative estimate of drug-likeness (QED) is 0.592. The second kappa shape index (κ2) is 11.1. The van der Waals surface area contributed by atoms with Gasteiger partial charge in [0, 0.05) is 5.69 Å². The smallest absolute Gasteiger partial charge is 0.310 e. The lowest BCUT2D eigenvalue weighted by Crippen LogP contribution is -2.22. The van der Waals surface area contributed by atoms with Gasteiger partial charge in [0.25, 0.3) is 5.91 Å². The third-order valence-electron chi connectivity index (χ3n) is 4.82. The summed E-state index contributed by atoms with van der Waals surface area (Å²) >= 11 is 0. The predicted octanol–water partition coefficient (Wildman–Crippen LogP) is 3.95. The Hall–Kier alpha value is -3.22. The Morgan fingerprint density at radius 3 is 2.20 bits per heavy atom. The minimum Gasteiger partial charge on any atom is -0.493 e. The largest absolute Gasteiger partial charge is 0.493 e. The molecule has 7 nitrogen and oxygen atoms in total. The zero-order chi connectivity index (χ0) is 22.1. The number of ether oxygens (including phenoxy) is 4. The van der Waals surface area contributed by atoms with E-state index in [2.05, 4.69) is 19.2 Å². The normalized spacial score (nSPS) is 11.4. The fourth-order valence-corrected chi connectivity index (χ4v) is 3.05. The number of hydrogen-bond acceptors (Lipinski definition) is 6. The average molecular weight is 415 g/mol. The molecule has 0 saturated carbocycles. The highest BCUT2D eigenvalue weighted by Crippen LogP contribution is 2.38. The number of esters is 1. The van der Waals surface area contributed by atoms with Crippen LogP contribution in [-0.2, 0) is 20.7 Å². The first-order valence-corrected chi connectivity index (χ1v) is 9.76. The summed E-state index contributed by atoms with van der Waals surface area (Å²) in [5.41, 5.74) is 2.41. The summed E-state index contributed by atoms with van der Waals surface area (Å²) < 4.78 is 21.0. The monoisotopic (exact) mass is 415 g/mol. The lowest BCUT2D eigenvalue weighted by Gasteiger charge is -2.16. The maximum Gasteiger partial charge on any atom is 0.310 e. The number of carbonyl (C=O) groups excluding carboxylic acids is 2. The second-order valence-corrected chi connectivity index (χ2v) is 6.82. The fourth-order valence-electron chi connectivity index (χ4n) is 3.05. The van der Waals surface area contributed by atoms with Crippen LogP contribution in [0.4, 0.5) is 5.69 Å². The molecule has 0 fully saturated rings. The molecule has 0 saturated heterocycles. The van der Waals surface area contributed by atoms with Gasteiger partial charge in [-0.05, 0) is 41.7 Å². The van der Waals surface area contributed by atoms with Crippen LogP contribution in [0, 0.1) is 0 Å². The highest BCUT2D eigenvalue weighted by molar-refractivity contribution is 5.93. The van der Waals surface area contributed by atoms with Gasteiger partial charge in [-0.25, -0.2) is 0 Å². The number of para-hydroxylation sites is 1. The van der Waals surface area contributed by atoms with E-state index in [9.17, 15) is 9.59 Å². The van der Waals surface area contributed by atoms with Gasteiger partial charge in [0.2, 0.25) is 5.75 Å². The second-order valence-electron chi connectivity index (χ2n) is 6.82. The zero-order valence-electron chi connectivity index (χ0n) is 18.1. The Labute approximate surface area is 177 Å². The molecule has 1 amide bonds. The molecule has 0 heterocycles. The Morgan fingerprint density at radius 1 is 1.00 bits per heavy atom. The van der Waals surface area contributed by atoms with E-state index in [4.69, 9.17) is 18.9 Å². The van der Waals surface area contributed by atoms with E-state index in [1.807, 2.05) is 24.3 Å². The first-order valence-electron chi connectivity index (χ1n) is 9.76. The molecular weight excluding hydrogens is 386 g/mol. The molecule has 30 heavy (non-hydrogen) atoms. The number of amides is 1. The summed E-state index contributed by atoms with van der Waals surface area (Å²) in [7, 11) is 4.51. The minimum atomic E-state index is -0.533. The molecule has 0 aliphatic heterocycles. The number of methoxy groups -OCH3 is 3. The SMILES string of the molecule is CCC(C)c1ccccc1NC(=O)COC(=O)Cc1cc(OC)c(OC)c(OC)c1. The van der Waals surface area contributed by atoms with Crippen LogP contribution in [-0.4, -0.2) is 39.8 Å². The van der Waals surface area contributed by atoms with E-state index in [1.165, 1.54) is 21.3 Å². The van der Waals surface area contributed by atoms with Gasteiger partial charge in [-0.3, -0.25) is 9.59 Å². The summed E-state index contributed by atoms with van der Waals surface area (Å²) in [5.74, 6) is 0.720. The van der Waals surface area contributed by atoms with Crippen LogP contribution in [0.2, 0.25) is 0 Å². The van der Waals surface area contributed by atoms with Crippen molar-refractivity contribution in [3.05, 3.63) is 47.5 Å². The molecule has 0 aromatic heterocycles. The van der Waals surface area contributed by atoms with Crippen molar-refractivity contribution >= 4 is 17.6 Å². The molecule has 1 N–H and O–H groups in total. The maximum absolute atomic E-state index is 12.3. The van der Waals surface area contributed by atoms with Gasteiger partial charge in [-0.15, -0.1) is 0 Å². The first kappa shape index (κ1) is 23.1. The highest BCUT2D eigenvalue weighted by Gasteiger charge is 2.17. The summed E-state index contributed by atoms with van der Waals surface area (Å²) in [4.78, 5) is 24.5. The molecule has 0 bridgehead atoms. The summed E-state index contributed by atoms with van der Waals surface area (Å²) in [5, 5.41) is 2.82. The molecule has 0 aliphatic carbocycles. The Bertz CT molecular complexity index is 855. The third kappa shape index (κ3) is 5.89. The Balaban J connectivity index is 1.98. The van der Waals surface area contributed by atoms with E-state index < -0.39 is 5.97 Å². The van der Waals surface area contributed by atoms with E-state index in [0.717, 1.165) is 17.7 Å². The highest BCUT2D eigenvalue weighted by atomic mass is 16.5. The van der Waals surface area contributed by atoms with Gasteiger partial charge in [0.15, 0.2) is 18.1 Å². The predicted molar refractivity (Wildman–Crippen MR) is 115 cm³/mol. The van der Waals surface area contributed by atoms with Crippen LogP contribution >= 0.6 is 0 Å². The number of benzene rings is 2. The molecule has 1 atom stereocenters. The number of hydrogen-bond donors (Lipinski definition) is 1. The third-order valence-corrected chi connectivity index (χ3v) is 4.82. The number of nitrogens with one attached hydrogen (secondary N) is 1. The molecule has 0 radical (unpaired) electrons. The van der Waals surface area contributed by atoms with Gasteiger partial charge in [-0.1, -0.05) is 32.0 Å². The fraction of sp³-hybridized carbons (Fsp3) is 0.391. The molecule has 2 rings (SSSR count). The standard InChI is InChI=1S/C23H29NO6/c1-6-15(2)17-9-7-8-10-18(17)24-21(25)14-30-22(26)13-16-11-19(27-3)23(29-5)20(12-16)28-4/h7-12,15H,6,13-14H2,1-5H3,(H,24,25). The van der Waals surface area contributed by atoms with Gasteiger partial charge < -0.3 is 24.3 Å². The average Bonchev–Trinajstić information content (AvgIpc) is 2.76.